The Hall–Kier alpha value is -3.33. The average molecular weight is 407 g/mol. The Kier molecular flexibility index (Phi) is 4.74. The zero-order valence-electron chi connectivity index (χ0n) is 14.3. The first-order valence-corrected chi connectivity index (χ1v) is 9.06. The van der Waals surface area contributed by atoms with Crippen LogP contribution in [0.25, 0.3) is 22.4 Å². The van der Waals surface area contributed by atoms with Gasteiger partial charge in [-0.15, -0.1) is 0 Å². The Morgan fingerprint density at radius 2 is 1.79 bits per heavy atom. The monoisotopic (exact) mass is 406 g/mol. The number of imidazole rings is 1. The summed E-state index contributed by atoms with van der Waals surface area (Å²) in [6.45, 7) is 0. The van der Waals surface area contributed by atoms with Gasteiger partial charge >= 0.3 is 0 Å². The van der Waals surface area contributed by atoms with Gasteiger partial charge in [-0.2, -0.15) is 5.26 Å². The number of benzene rings is 3. The standard InChI is InChI=1S/C21H12Cl2N4O/c22-15-5-2-6-16(23)19(15)20-26-17-8-7-13(10-18(17)27-20)21(28)25-14-4-1-3-12(9-14)11-24/h1-10H,(H,25,28)(H,26,27). The topological polar surface area (TPSA) is 81.6 Å². The molecule has 0 aliphatic heterocycles. The molecule has 3 aromatic carbocycles. The van der Waals surface area contributed by atoms with Crippen molar-refractivity contribution in [3.8, 4) is 17.5 Å². The number of hydrogen-bond acceptors (Lipinski definition) is 3. The molecule has 28 heavy (non-hydrogen) atoms. The Bertz CT molecular complexity index is 1240. The molecule has 0 fully saturated rings. The van der Waals surface area contributed by atoms with E-state index in [1.54, 1.807) is 60.7 Å². The summed E-state index contributed by atoms with van der Waals surface area (Å²) in [4.78, 5) is 20.3. The Balaban J connectivity index is 1.66. The van der Waals surface area contributed by atoms with Crippen LogP contribution >= 0.6 is 23.2 Å². The van der Waals surface area contributed by atoms with Crippen molar-refractivity contribution in [1.82, 2.24) is 9.97 Å². The van der Waals surface area contributed by atoms with Crippen molar-refractivity contribution in [3.05, 3.63) is 81.8 Å². The van der Waals surface area contributed by atoms with Crippen LogP contribution in [0.2, 0.25) is 10.0 Å². The number of rotatable bonds is 3. The molecule has 136 valence electrons. The number of anilines is 1. The molecule has 2 N–H and O–H groups in total. The van der Waals surface area contributed by atoms with E-state index in [0.717, 1.165) is 0 Å². The number of carbonyl (C=O) groups excluding carboxylic acids is 1. The highest BCUT2D eigenvalue weighted by Crippen LogP contribution is 2.33. The van der Waals surface area contributed by atoms with Gasteiger partial charge in [0.05, 0.1) is 38.3 Å². The Morgan fingerprint density at radius 3 is 2.54 bits per heavy atom. The summed E-state index contributed by atoms with van der Waals surface area (Å²) in [6.07, 6.45) is 0. The Labute approximate surface area is 170 Å². The quantitative estimate of drug-likeness (QED) is 0.460. The van der Waals surface area contributed by atoms with Crippen LogP contribution in [0, 0.1) is 11.3 Å². The van der Waals surface area contributed by atoms with E-state index in [2.05, 4.69) is 15.3 Å². The van der Waals surface area contributed by atoms with Crippen LogP contribution in [0.1, 0.15) is 15.9 Å². The Morgan fingerprint density at radius 1 is 1.04 bits per heavy atom. The summed E-state index contributed by atoms with van der Waals surface area (Å²) < 4.78 is 0. The lowest BCUT2D eigenvalue weighted by atomic mass is 10.1. The third-order valence-corrected chi connectivity index (χ3v) is 4.82. The molecular weight excluding hydrogens is 395 g/mol. The number of hydrogen-bond donors (Lipinski definition) is 2. The molecule has 0 atom stereocenters. The summed E-state index contributed by atoms with van der Waals surface area (Å²) in [5, 5.41) is 12.7. The maximum atomic E-state index is 12.6. The molecule has 0 spiro atoms. The number of nitriles is 1. The van der Waals surface area contributed by atoms with Gasteiger partial charge in [-0.25, -0.2) is 4.98 Å². The van der Waals surface area contributed by atoms with Crippen LogP contribution in [-0.4, -0.2) is 15.9 Å². The molecule has 1 amide bonds. The second-order valence-corrected chi connectivity index (χ2v) is 6.88. The SMILES string of the molecule is N#Cc1cccc(NC(=O)c2ccc3nc(-c4c(Cl)cccc4Cl)[nH]c3c2)c1. The number of halogens is 2. The van der Waals surface area contributed by atoms with Crippen LogP contribution in [-0.2, 0) is 0 Å². The molecule has 0 radical (unpaired) electrons. The molecular formula is C21H12Cl2N4O. The number of nitrogens with one attached hydrogen (secondary N) is 2. The fourth-order valence-electron chi connectivity index (χ4n) is 2.86. The zero-order valence-corrected chi connectivity index (χ0v) is 15.8. The van der Waals surface area contributed by atoms with Crippen LogP contribution in [0.4, 0.5) is 5.69 Å². The molecule has 5 nitrogen and oxygen atoms in total. The first-order valence-electron chi connectivity index (χ1n) is 8.31. The van der Waals surface area contributed by atoms with E-state index in [9.17, 15) is 4.79 Å². The molecule has 0 saturated heterocycles. The van der Waals surface area contributed by atoms with E-state index in [1.807, 2.05) is 6.07 Å². The van der Waals surface area contributed by atoms with Crippen molar-refractivity contribution in [2.24, 2.45) is 0 Å². The lowest BCUT2D eigenvalue weighted by Crippen LogP contribution is -2.11. The molecule has 0 unspecified atom stereocenters. The van der Waals surface area contributed by atoms with E-state index in [0.29, 0.717) is 49.3 Å². The zero-order chi connectivity index (χ0) is 19.7. The van der Waals surface area contributed by atoms with Crippen molar-refractivity contribution >= 4 is 45.8 Å². The summed E-state index contributed by atoms with van der Waals surface area (Å²) >= 11 is 12.5. The van der Waals surface area contributed by atoms with Gasteiger partial charge in [-0.3, -0.25) is 4.79 Å². The van der Waals surface area contributed by atoms with Gasteiger partial charge in [0.2, 0.25) is 0 Å². The van der Waals surface area contributed by atoms with Crippen LogP contribution in [0.5, 0.6) is 0 Å². The van der Waals surface area contributed by atoms with Crippen molar-refractivity contribution in [2.75, 3.05) is 5.32 Å². The number of fused-ring (bicyclic) bond motifs is 1. The molecule has 0 bridgehead atoms. The third-order valence-electron chi connectivity index (χ3n) is 4.19. The van der Waals surface area contributed by atoms with Gasteiger partial charge in [0, 0.05) is 11.3 Å². The highest BCUT2D eigenvalue weighted by Gasteiger charge is 2.14. The predicted molar refractivity (Wildman–Crippen MR) is 111 cm³/mol. The van der Waals surface area contributed by atoms with Crippen molar-refractivity contribution in [1.29, 1.82) is 5.26 Å². The van der Waals surface area contributed by atoms with E-state index < -0.39 is 0 Å². The average Bonchev–Trinajstić information content (AvgIpc) is 3.10. The van der Waals surface area contributed by atoms with E-state index in [1.165, 1.54) is 0 Å². The number of aromatic amines is 1. The number of aromatic nitrogens is 2. The van der Waals surface area contributed by atoms with Crippen molar-refractivity contribution < 1.29 is 4.79 Å². The van der Waals surface area contributed by atoms with Crippen molar-refractivity contribution in [3.63, 3.8) is 0 Å². The fraction of sp³-hybridized carbons (Fsp3) is 0. The van der Waals surface area contributed by atoms with Gasteiger partial charge < -0.3 is 10.3 Å². The minimum atomic E-state index is -0.288. The molecule has 1 aromatic heterocycles. The minimum Gasteiger partial charge on any atom is -0.338 e. The first kappa shape index (κ1) is 18.1. The number of amides is 1. The first-order chi connectivity index (χ1) is 13.5. The normalized spacial score (nSPS) is 10.6. The van der Waals surface area contributed by atoms with Gasteiger partial charge in [0.25, 0.3) is 5.91 Å². The van der Waals surface area contributed by atoms with E-state index in [-0.39, 0.29) is 5.91 Å². The molecule has 7 heteroatoms. The number of carbonyl (C=O) groups is 1. The van der Waals surface area contributed by atoms with E-state index in [4.69, 9.17) is 28.5 Å². The van der Waals surface area contributed by atoms with Crippen molar-refractivity contribution in [2.45, 2.75) is 0 Å². The molecule has 0 saturated carbocycles. The highest BCUT2D eigenvalue weighted by atomic mass is 35.5. The van der Waals surface area contributed by atoms with Crippen LogP contribution in [0.15, 0.2) is 60.7 Å². The maximum absolute atomic E-state index is 12.6. The molecule has 1 heterocycles. The molecule has 0 aliphatic rings. The lowest BCUT2D eigenvalue weighted by molar-refractivity contribution is 0.102. The predicted octanol–water partition coefficient (Wildman–Crippen LogP) is 5.66. The summed E-state index contributed by atoms with van der Waals surface area (Å²) in [6, 6.07) is 19.2. The largest absolute Gasteiger partial charge is 0.338 e. The van der Waals surface area contributed by atoms with Crippen LogP contribution in [0.3, 0.4) is 0 Å². The second kappa shape index (κ2) is 7.35. The summed E-state index contributed by atoms with van der Waals surface area (Å²) in [5.41, 5.74) is 3.47. The number of H-pyrrole nitrogens is 1. The summed E-state index contributed by atoms with van der Waals surface area (Å²) in [5.74, 6) is 0.244. The maximum Gasteiger partial charge on any atom is 0.255 e. The number of nitrogens with zero attached hydrogens (tertiary/aromatic N) is 2. The summed E-state index contributed by atoms with van der Waals surface area (Å²) in [7, 11) is 0. The minimum absolute atomic E-state index is 0.288. The lowest BCUT2D eigenvalue weighted by Gasteiger charge is -2.05. The molecule has 0 aliphatic carbocycles. The van der Waals surface area contributed by atoms with Gasteiger partial charge in [-0.1, -0.05) is 35.3 Å². The van der Waals surface area contributed by atoms with Gasteiger partial charge in [0.1, 0.15) is 5.82 Å². The highest BCUT2D eigenvalue weighted by molar-refractivity contribution is 6.39. The van der Waals surface area contributed by atoms with E-state index >= 15 is 0 Å². The van der Waals surface area contributed by atoms with Gasteiger partial charge in [-0.05, 0) is 48.5 Å². The molecule has 4 aromatic rings. The molecule has 4 rings (SSSR count). The van der Waals surface area contributed by atoms with Gasteiger partial charge in [0.15, 0.2) is 0 Å². The smallest absolute Gasteiger partial charge is 0.255 e. The third kappa shape index (κ3) is 3.44. The second-order valence-electron chi connectivity index (χ2n) is 6.06. The fourth-order valence-corrected chi connectivity index (χ4v) is 3.44. The van der Waals surface area contributed by atoms with Crippen LogP contribution < -0.4 is 5.32 Å².